The van der Waals surface area contributed by atoms with Crippen molar-refractivity contribution in [1.82, 2.24) is 5.32 Å². The number of carbonyl (C=O) groups is 6. The third-order valence-electron chi connectivity index (χ3n) is 19.4. The van der Waals surface area contributed by atoms with Crippen LogP contribution in [0.1, 0.15) is 142 Å². The summed E-state index contributed by atoms with van der Waals surface area (Å²) in [6.07, 6.45) is -6.21. The van der Waals surface area contributed by atoms with Crippen molar-refractivity contribution in [1.29, 1.82) is 0 Å². The summed E-state index contributed by atoms with van der Waals surface area (Å²) in [7, 11) is -5.84. The quantitative estimate of drug-likeness (QED) is 0.0628. The van der Waals surface area contributed by atoms with Gasteiger partial charge in [-0.2, -0.15) is 0 Å². The highest BCUT2D eigenvalue weighted by Gasteiger charge is 2.79. The molecule has 2 saturated carbocycles. The molecule has 1 saturated heterocycles. The average molecular weight is 1160 g/mol. The molecule has 3 aliphatic carbocycles. The molecule has 16 nitrogen and oxygen atoms in total. The van der Waals surface area contributed by atoms with E-state index in [4.69, 9.17) is 37.3 Å². The smallest absolute Gasteiger partial charge is 0.338 e. The predicted octanol–water partition coefficient (Wildman–Crippen LogP) is 10.9. The summed E-state index contributed by atoms with van der Waals surface area (Å²) >= 11 is 0. The molecule has 8 rings (SSSR count). The Labute approximate surface area is 485 Å². The van der Waals surface area contributed by atoms with Crippen LogP contribution in [-0.4, -0.2) is 118 Å². The van der Waals surface area contributed by atoms with Crippen molar-refractivity contribution in [2.75, 3.05) is 13.2 Å². The topological polar surface area (TPSA) is 209 Å². The lowest BCUT2D eigenvalue weighted by Gasteiger charge is -2.68. The fourth-order valence-corrected chi connectivity index (χ4v) is 23.2. The molecule has 11 atom stereocenters. The van der Waals surface area contributed by atoms with Gasteiger partial charge in [-0.25, -0.2) is 14.4 Å². The Kier molecular flexibility index (Phi) is 18.3. The number of fused-ring (bicyclic) bond motifs is 4. The second-order valence-electron chi connectivity index (χ2n) is 24.8. The number of aliphatic hydroxyl groups is 1. The van der Waals surface area contributed by atoms with Crippen molar-refractivity contribution in [3.8, 4) is 5.75 Å². The third-order valence-corrected chi connectivity index (χ3v) is 30.1. The normalized spacial score (nSPS) is 30.5. The Morgan fingerprint density at radius 3 is 1.98 bits per heavy atom. The summed E-state index contributed by atoms with van der Waals surface area (Å²) in [6, 6.07) is 24.5. The van der Waals surface area contributed by atoms with Crippen LogP contribution >= 0.6 is 0 Å². The number of Topliss-reactive ketones (excluding diaryl/α,β-unsaturated/α-hetero) is 1. The molecule has 82 heavy (non-hydrogen) atoms. The van der Waals surface area contributed by atoms with Crippen LogP contribution < -0.4 is 10.1 Å². The van der Waals surface area contributed by atoms with Gasteiger partial charge in [-0.3, -0.25) is 14.4 Å². The van der Waals surface area contributed by atoms with Crippen LogP contribution in [0, 0.1) is 16.7 Å². The molecule has 0 aromatic heterocycles. The maximum Gasteiger partial charge on any atom is 0.338 e. The minimum absolute atomic E-state index is 0.0491. The number of carbonyl (C=O) groups excluding carboxylic acids is 6. The number of rotatable bonds is 15. The molecule has 1 amide bonds. The van der Waals surface area contributed by atoms with Gasteiger partial charge in [0.2, 0.25) is 8.32 Å². The van der Waals surface area contributed by atoms with Crippen LogP contribution in [0.3, 0.4) is 0 Å². The molecule has 2 aliphatic heterocycles. The van der Waals surface area contributed by atoms with Gasteiger partial charge in [0.1, 0.15) is 36.3 Å². The van der Waals surface area contributed by atoms with Gasteiger partial charge < -0.3 is 47.7 Å². The van der Waals surface area contributed by atoms with Gasteiger partial charge in [0.05, 0.1) is 35.6 Å². The summed E-state index contributed by atoms with van der Waals surface area (Å²) in [5.74, 6) is -5.71. The van der Waals surface area contributed by atoms with Crippen molar-refractivity contribution in [3.05, 3.63) is 125 Å². The molecular formula is C64H85NO15Si2. The number of nitrogens with one attached hydrogen (secondary N) is 1. The summed E-state index contributed by atoms with van der Waals surface area (Å²) in [4.78, 5) is 91.3. The van der Waals surface area contributed by atoms with E-state index in [1.54, 1.807) is 113 Å². The highest BCUT2D eigenvalue weighted by molar-refractivity contribution is 6.77. The van der Waals surface area contributed by atoms with E-state index in [-0.39, 0.29) is 47.4 Å². The van der Waals surface area contributed by atoms with Crippen molar-refractivity contribution >= 4 is 52.2 Å². The van der Waals surface area contributed by atoms with E-state index >= 15 is 14.4 Å². The third kappa shape index (κ3) is 10.9. The lowest BCUT2D eigenvalue weighted by Crippen LogP contribution is -2.82. The minimum Gasteiger partial charge on any atom is -0.490 e. The fraction of sp³-hybridized carbons (Fsp3) is 0.562. The number of hydrogen-bond donors (Lipinski definition) is 2. The predicted molar refractivity (Wildman–Crippen MR) is 313 cm³/mol. The van der Waals surface area contributed by atoms with Gasteiger partial charge in [-0.1, -0.05) is 125 Å². The molecule has 3 aromatic rings. The Morgan fingerprint density at radius 2 is 1.41 bits per heavy atom. The van der Waals surface area contributed by atoms with E-state index in [0.717, 1.165) is 0 Å². The molecule has 444 valence electrons. The zero-order valence-electron chi connectivity index (χ0n) is 50.2. The number of amides is 1. The SMILES string of the molecule is CC[Si](CC)(CC)O[C@H]1C[C@H]2OC[C@]23OC(=O)/C=C/COc2cccc(c2)[C@H](NC(=O)c2ccccc2)[C@@H](O[Si](C(C)C)(C(C)C)C(C)C)C(=O)O[C@H]2C[C@@]4(O)[C@@H](OC(=O)c5ccccc5)[C@H]3[C@]1(C)C(=O)[C@H](OC(C)=O)C(=C2C)C4(C)C. The number of ketones is 1. The number of esters is 4. The molecule has 6 bridgehead atoms. The Morgan fingerprint density at radius 1 is 0.805 bits per heavy atom. The van der Waals surface area contributed by atoms with Crippen molar-refractivity contribution in [2.45, 2.75) is 198 Å². The molecule has 3 fully saturated rings. The minimum atomic E-state index is -3.13. The molecule has 2 N–H and O–H groups in total. The molecular weight excluding hydrogens is 1080 g/mol. The highest BCUT2D eigenvalue weighted by atomic mass is 28.4. The van der Waals surface area contributed by atoms with Gasteiger partial charge in [-0.15, -0.1) is 0 Å². The van der Waals surface area contributed by atoms with Crippen molar-refractivity contribution in [2.24, 2.45) is 16.7 Å². The lowest BCUT2D eigenvalue weighted by molar-refractivity contribution is -0.344. The monoisotopic (exact) mass is 1160 g/mol. The lowest BCUT2D eigenvalue weighted by atomic mass is 9.44. The van der Waals surface area contributed by atoms with Gasteiger partial charge >= 0.3 is 23.9 Å². The molecule has 0 unspecified atom stereocenters. The summed E-state index contributed by atoms with van der Waals surface area (Å²) in [6.45, 7) is 26.2. The second kappa shape index (κ2) is 24.1. The summed E-state index contributed by atoms with van der Waals surface area (Å²) in [5.41, 5.74) is -6.63. The molecule has 2 heterocycles. The van der Waals surface area contributed by atoms with Crippen molar-refractivity contribution < 1.29 is 71.1 Å². The Hall–Kier alpha value is -5.77. The van der Waals surface area contributed by atoms with Crippen LogP contribution in [0.2, 0.25) is 34.8 Å². The zero-order chi connectivity index (χ0) is 59.9. The van der Waals surface area contributed by atoms with Crippen LogP contribution in [0.5, 0.6) is 5.75 Å². The maximum atomic E-state index is 16.9. The second-order valence-corrected chi connectivity index (χ2v) is 34.9. The van der Waals surface area contributed by atoms with Gasteiger partial charge in [0.25, 0.3) is 5.91 Å². The number of hydrogen-bond acceptors (Lipinski definition) is 15. The van der Waals surface area contributed by atoms with Crippen LogP contribution in [0.15, 0.2) is 108 Å². The fourth-order valence-electron chi connectivity index (χ4n) is 14.7. The maximum absolute atomic E-state index is 16.9. The van der Waals surface area contributed by atoms with Gasteiger partial charge in [0.15, 0.2) is 31.9 Å². The molecule has 3 aromatic carbocycles. The summed E-state index contributed by atoms with van der Waals surface area (Å²) < 4.78 is 54.6. The zero-order valence-corrected chi connectivity index (χ0v) is 52.2. The molecule has 1 spiro atoms. The van der Waals surface area contributed by atoms with Gasteiger partial charge in [-0.05, 0) is 108 Å². The van der Waals surface area contributed by atoms with E-state index in [1.807, 2.05) is 0 Å². The van der Waals surface area contributed by atoms with Gasteiger partial charge in [0, 0.05) is 36.8 Å². The standard InChI is InChI=1S/C64H85NO15Si2/c1-15-81(16-2,17-3)79-48-35-49-63(37-74-49)55-57(77-59(70)44-28-22-19-23-29-44)64(72)36-47(41(10)51(61(64,12)13)53(75-42(11)66)56(68)62(48,55)14)76-60(71)54(80-82(38(4)5,39(6)7)40(8)9)52(65-58(69)43-26-20-18-21-27-43)45-30-24-31-46(34-45)73-33-25-32-50(67)78-63/h18-32,34,38-40,47-49,52-55,57,72H,15-17,33,35-37H2,1-14H3,(H,65,69)/b32-25+/t47-,48-,49+,52-,53+,54+,55-,57-,62+,63-,64+/m0/s1. The Bertz CT molecular complexity index is 2910. The largest absolute Gasteiger partial charge is 0.490 e. The summed E-state index contributed by atoms with van der Waals surface area (Å²) in [5, 5.41) is 17.8. The Balaban J connectivity index is 1.45. The number of benzene rings is 3. The van der Waals surface area contributed by atoms with Crippen LogP contribution in [0.4, 0.5) is 0 Å². The van der Waals surface area contributed by atoms with Crippen LogP contribution in [0.25, 0.3) is 0 Å². The highest BCUT2D eigenvalue weighted by Crippen LogP contribution is 2.65. The average Bonchev–Trinajstić information content (AvgIpc) is 0.730. The van der Waals surface area contributed by atoms with E-state index in [0.29, 0.717) is 40.6 Å². The first-order valence-corrected chi connectivity index (χ1v) is 34.0. The van der Waals surface area contributed by atoms with E-state index in [2.05, 4.69) is 67.6 Å². The van der Waals surface area contributed by atoms with E-state index < -0.39 is 129 Å². The molecule has 0 radical (unpaired) electrons. The first-order valence-electron chi connectivity index (χ1n) is 29.3. The van der Waals surface area contributed by atoms with Crippen molar-refractivity contribution in [3.63, 3.8) is 0 Å². The van der Waals surface area contributed by atoms with E-state index in [1.165, 1.54) is 19.1 Å². The molecule has 5 aliphatic rings. The van der Waals surface area contributed by atoms with Crippen LogP contribution in [-0.2, 0) is 51.7 Å². The molecule has 18 heteroatoms. The first kappa shape index (κ1) is 62.3. The first-order chi connectivity index (χ1) is 38.7. The van der Waals surface area contributed by atoms with E-state index in [9.17, 15) is 19.5 Å². The number of ether oxygens (including phenoxy) is 6.